The van der Waals surface area contributed by atoms with Crippen LogP contribution in [0.2, 0.25) is 5.02 Å². The van der Waals surface area contributed by atoms with Crippen LogP contribution in [0.4, 0.5) is 11.5 Å². The van der Waals surface area contributed by atoms with Crippen molar-refractivity contribution in [1.29, 1.82) is 0 Å². The van der Waals surface area contributed by atoms with Gasteiger partial charge in [-0.3, -0.25) is 9.59 Å². The zero-order chi connectivity index (χ0) is 20.4. The maximum absolute atomic E-state index is 12.6. The number of ether oxygens (including phenoxy) is 1. The summed E-state index contributed by atoms with van der Waals surface area (Å²) in [5.41, 5.74) is 2.98. The van der Waals surface area contributed by atoms with Gasteiger partial charge in [-0.05, 0) is 29.8 Å². The Kier molecular flexibility index (Phi) is 5.33. The van der Waals surface area contributed by atoms with Crippen LogP contribution in [0.1, 0.15) is 18.2 Å². The minimum atomic E-state index is -0.731. The molecule has 1 aliphatic rings. The van der Waals surface area contributed by atoms with Gasteiger partial charge >= 0.3 is 0 Å². The van der Waals surface area contributed by atoms with Crippen LogP contribution >= 0.6 is 11.6 Å². The van der Waals surface area contributed by atoms with Gasteiger partial charge in [0.05, 0.1) is 18.7 Å². The van der Waals surface area contributed by atoms with E-state index in [2.05, 4.69) is 15.7 Å². The van der Waals surface area contributed by atoms with Gasteiger partial charge in [0.2, 0.25) is 5.91 Å². The maximum atomic E-state index is 12.6. The molecular formula is C21H19ClN4O3. The lowest BCUT2D eigenvalue weighted by Crippen LogP contribution is -2.24. The third kappa shape index (κ3) is 3.87. The van der Waals surface area contributed by atoms with Gasteiger partial charge in [0, 0.05) is 23.4 Å². The van der Waals surface area contributed by atoms with Crippen LogP contribution in [0.25, 0.3) is 11.1 Å². The first-order valence-electron chi connectivity index (χ1n) is 9.09. The van der Waals surface area contributed by atoms with Crippen LogP contribution in [0.5, 0.6) is 0 Å². The summed E-state index contributed by atoms with van der Waals surface area (Å²) in [7, 11) is 1.58. The number of nitrogens with one attached hydrogen (secondary N) is 2. The molecule has 0 spiro atoms. The molecule has 0 radical (unpaired) electrons. The van der Waals surface area contributed by atoms with Crippen molar-refractivity contribution >= 4 is 34.9 Å². The standard InChI is InChI=1S/C21H19ClN4O3/c1-29-12-16-19(13-7-9-14(22)10-8-13)20-24-21(28)17(26(20)25-16)11-18(27)23-15-5-3-2-4-6-15/h2-10,17H,11-12H2,1H3,(H,23,27)(H,24,28). The smallest absolute Gasteiger partial charge is 0.251 e. The summed E-state index contributed by atoms with van der Waals surface area (Å²) in [6.45, 7) is 0.275. The maximum Gasteiger partial charge on any atom is 0.251 e. The first-order valence-corrected chi connectivity index (χ1v) is 9.46. The highest BCUT2D eigenvalue weighted by Crippen LogP contribution is 2.39. The van der Waals surface area contributed by atoms with Crippen molar-refractivity contribution < 1.29 is 14.3 Å². The Hall–Kier alpha value is -3.16. The Labute approximate surface area is 172 Å². The summed E-state index contributed by atoms with van der Waals surface area (Å²) < 4.78 is 6.85. The number of hydrogen-bond acceptors (Lipinski definition) is 4. The van der Waals surface area contributed by atoms with Gasteiger partial charge in [0.25, 0.3) is 5.91 Å². The molecule has 2 N–H and O–H groups in total. The highest BCUT2D eigenvalue weighted by molar-refractivity contribution is 6.30. The highest BCUT2D eigenvalue weighted by atomic mass is 35.5. The molecule has 0 fully saturated rings. The molecule has 0 saturated carbocycles. The Morgan fingerprint density at radius 1 is 1.21 bits per heavy atom. The lowest BCUT2D eigenvalue weighted by atomic mass is 10.1. The van der Waals surface area contributed by atoms with Crippen LogP contribution < -0.4 is 10.6 Å². The van der Waals surface area contributed by atoms with E-state index in [0.717, 1.165) is 11.1 Å². The first kappa shape index (κ1) is 19.2. The third-order valence-corrected chi connectivity index (χ3v) is 4.92. The number of methoxy groups -OCH3 is 1. The molecule has 3 aromatic rings. The number of para-hydroxylation sites is 1. The van der Waals surface area contributed by atoms with Crippen molar-refractivity contribution in [3.8, 4) is 11.1 Å². The van der Waals surface area contributed by atoms with E-state index in [9.17, 15) is 9.59 Å². The van der Waals surface area contributed by atoms with Crippen molar-refractivity contribution in [3.05, 3.63) is 65.3 Å². The number of benzene rings is 2. The van der Waals surface area contributed by atoms with E-state index in [4.69, 9.17) is 16.3 Å². The molecule has 0 saturated heterocycles. The molecule has 1 aromatic heterocycles. The molecule has 148 valence electrons. The van der Waals surface area contributed by atoms with E-state index in [0.29, 0.717) is 22.2 Å². The van der Waals surface area contributed by atoms with E-state index in [-0.39, 0.29) is 24.8 Å². The molecule has 1 unspecified atom stereocenters. The fourth-order valence-corrected chi connectivity index (χ4v) is 3.51. The van der Waals surface area contributed by atoms with E-state index < -0.39 is 6.04 Å². The topological polar surface area (TPSA) is 85.2 Å². The summed E-state index contributed by atoms with van der Waals surface area (Å²) in [6, 6.07) is 15.7. The molecule has 1 atom stereocenters. The van der Waals surface area contributed by atoms with Crippen molar-refractivity contribution in [3.63, 3.8) is 0 Å². The second-order valence-corrected chi connectivity index (χ2v) is 7.11. The van der Waals surface area contributed by atoms with Gasteiger partial charge in [-0.1, -0.05) is 41.9 Å². The molecule has 0 aliphatic carbocycles. The fraction of sp³-hybridized carbons (Fsp3) is 0.190. The van der Waals surface area contributed by atoms with Crippen LogP contribution in [0, 0.1) is 0 Å². The van der Waals surface area contributed by atoms with Gasteiger partial charge in [0.1, 0.15) is 11.9 Å². The largest absolute Gasteiger partial charge is 0.378 e. The van der Waals surface area contributed by atoms with E-state index in [1.807, 2.05) is 30.3 Å². The van der Waals surface area contributed by atoms with Gasteiger partial charge in [-0.25, -0.2) is 4.68 Å². The molecule has 0 bridgehead atoms. The summed E-state index contributed by atoms with van der Waals surface area (Å²) >= 11 is 6.00. The van der Waals surface area contributed by atoms with Crippen molar-refractivity contribution in [1.82, 2.24) is 9.78 Å². The first-order chi connectivity index (χ1) is 14.1. The summed E-state index contributed by atoms with van der Waals surface area (Å²) in [4.78, 5) is 25.1. The van der Waals surface area contributed by atoms with Crippen LogP contribution in [-0.2, 0) is 20.9 Å². The van der Waals surface area contributed by atoms with Gasteiger partial charge in [0.15, 0.2) is 0 Å². The summed E-state index contributed by atoms with van der Waals surface area (Å²) in [5, 5.41) is 10.9. The molecule has 4 rings (SSSR count). The predicted octanol–water partition coefficient (Wildman–Crippen LogP) is 3.87. The van der Waals surface area contributed by atoms with Crippen LogP contribution in [-0.4, -0.2) is 28.7 Å². The summed E-state index contributed by atoms with van der Waals surface area (Å²) in [5.74, 6) is 0.0258. The Morgan fingerprint density at radius 2 is 1.93 bits per heavy atom. The van der Waals surface area contributed by atoms with Gasteiger partial charge in [-0.2, -0.15) is 5.10 Å². The third-order valence-electron chi connectivity index (χ3n) is 4.67. The quantitative estimate of drug-likeness (QED) is 0.646. The van der Waals surface area contributed by atoms with Crippen molar-refractivity contribution in [2.75, 3.05) is 17.7 Å². The molecule has 2 amide bonds. The lowest BCUT2D eigenvalue weighted by Gasteiger charge is -2.10. The minimum Gasteiger partial charge on any atom is -0.378 e. The number of hydrogen-bond donors (Lipinski definition) is 2. The number of fused-ring (bicyclic) bond motifs is 1. The normalized spacial score (nSPS) is 15.1. The molecule has 8 heteroatoms. The number of amides is 2. The molecule has 1 aliphatic heterocycles. The Bertz CT molecular complexity index is 1050. The Balaban J connectivity index is 1.64. The zero-order valence-electron chi connectivity index (χ0n) is 15.7. The van der Waals surface area contributed by atoms with Gasteiger partial charge in [-0.15, -0.1) is 0 Å². The average molecular weight is 411 g/mol. The number of nitrogens with zero attached hydrogens (tertiary/aromatic N) is 2. The molecule has 2 aromatic carbocycles. The van der Waals surface area contributed by atoms with E-state index >= 15 is 0 Å². The highest BCUT2D eigenvalue weighted by Gasteiger charge is 2.37. The number of aromatic nitrogens is 2. The monoisotopic (exact) mass is 410 g/mol. The number of carbonyl (C=O) groups excluding carboxylic acids is 2. The van der Waals surface area contributed by atoms with Crippen LogP contribution in [0.15, 0.2) is 54.6 Å². The molecular weight excluding hydrogens is 392 g/mol. The molecule has 2 heterocycles. The van der Waals surface area contributed by atoms with Crippen LogP contribution in [0.3, 0.4) is 0 Å². The minimum absolute atomic E-state index is 0.0259. The molecule has 29 heavy (non-hydrogen) atoms. The Morgan fingerprint density at radius 3 is 2.62 bits per heavy atom. The number of rotatable bonds is 6. The second kappa shape index (κ2) is 8.06. The van der Waals surface area contributed by atoms with Gasteiger partial charge < -0.3 is 15.4 Å². The lowest BCUT2D eigenvalue weighted by molar-refractivity contribution is -0.123. The van der Waals surface area contributed by atoms with E-state index in [1.54, 1.807) is 36.1 Å². The SMILES string of the molecule is COCc1nn2c(c1-c1ccc(Cl)cc1)NC(=O)C2CC(=O)Nc1ccccc1. The van der Waals surface area contributed by atoms with Crippen molar-refractivity contribution in [2.45, 2.75) is 19.1 Å². The number of carbonyl (C=O) groups is 2. The fourth-order valence-electron chi connectivity index (χ4n) is 3.38. The number of anilines is 2. The number of halogens is 1. The zero-order valence-corrected chi connectivity index (χ0v) is 16.4. The molecule has 7 nitrogen and oxygen atoms in total. The second-order valence-electron chi connectivity index (χ2n) is 6.68. The summed E-state index contributed by atoms with van der Waals surface area (Å²) in [6.07, 6.45) is -0.0259. The van der Waals surface area contributed by atoms with E-state index in [1.165, 1.54) is 0 Å². The predicted molar refractivity (Wildman–Crippen MR) is 111 cm³/mol. The van der Waals surface area contributed by atoms with Crippen molar-refractivity contribution in [2.24, 2.45) is 0 Å². The average Bonchev–Trinajstić information content (AvgIpc) is 3.19.